The fraction of sp³-hybridized carbons (Fsp3) is 0.640. The topological polar surface area (TPSA) is 43.1 Å². The van der Waals surface area contributed by atoms with E-state index in [1.54, 1.807) is 6.08 Å². The molecule has 0 aliphatic rings. The van der Waals surface area contributed by atoms with Gasteiger partial charge >= 0.3 is 0 Å². The maximum absolute atomic E-state index is 10.7. The summed E-state index contributed by atoms with van der Waals surface area (Å²) in [6.07, 6.45) is 23.9. The summed E-state index contributed by atoms with van der Waals surface area (Å²) in [5.74, 6) is -0.401. The van der Waals surface area contributed by atoms with Crippen LogP contribution in [0.2, 0.25) is 0 Å². The highest BCUT2D eigenvalue weighted by atomic mass is 16.1. The smallest absolute Gasteiger partial charge is 0.241 e. The molecular formula is C25H41NO. The van der Waals surface area contributed by atoms with Crippen LogP contribution in [-0.2, 0) is 11.2 Å². The zero-order valence-electron chi connectivity index (χ0n) is 17.6. The van der Waals surface area contributed by atoms with E-state index in [0.29, 0.717) is 0 Å². The number of carbonyl (C=O) groups is 1. The van der Waals surface area contributed by atoms with Gasteiger partial charge in [0, 0.05) is 6.08 Å². The molecule has 0 bridgehead atoms. The van der Waals surface area contributed by atoms with E-state index in [-0.39, 0.29) is 0 Å². The first-order chi connectivity index (χ1) is 13.2. The van der Waals surface area contributed by atoms with Crippen molar-refractivity contribution in [1.82, 2.24) is 0 Å². The van der Waals surface area contributed by atoms with E-state index in [0.717, 1.165) is 12.0 Å². The van der Waals surface area contributed by atoms with Crippen molar-refractivity contribution in [3.63, 3.8) is 0 Å². The van der Waals surface area contributed by atoms with Gasteiger partial charge in [-0.1, -0.05) is 115 Å². The molecule has 2 nitrogen and oxygen atoms in total. The first-order valence-electron chi connectivity index (χ1n) is 11.3. The summed E-state index contributed by atoms with van der Waals surface area (Å²) in [6, 6.07) is 8.42. The second-order valence-electron chi connectivity index (χ2n) is 7.82. The molecule has 0 atom stereocenters. The third-order valence-corrected chi connectivity index (χ3v) is 5.24. The minimum atomic E-state index is -0.401. The number of primary amides is 1. The van der Waals surface area contributed by atoms with Crippen molar-refractivity contribution in [2.24, 2.45) is 5.73 Å². The number of hydrogen-bond donors (Lipinski definition) is 1. The highest BCUT2D eigenvalue weighted by molar-refractivity contribution is 5.90. The second kappa shape index (κ2) is 16.6. The highest BCUT2D eigenvalue weighted by Gasteiger charge is 1.96. The van der Waals surface area contributed by atoms with E-state index < -0.39 is 5.91 Å². The summed E-state index contributed by atoms with van der Waals surface area (Å²) in [4.78, 5) is 10.7. The molecule has 2 N–H and O–H groups in total. The Morgan fingerprint density at radius 2 is 1.19 bits per heavy atom. The molecule has 1 aromatic rings. The Kier molecular flexibility index (Phi) is 14.4. The minimum Gasteiger partial charge on any atom is -0.366 e. The lowest BCUT2D eigenvalue weighted by molar-refractivity contribution is -0.113. The fourth-order valence-electron chi connectivity index (χ4n) is 3.50. The van der Waals surface area contributed by atoms with Gasteiger partial charge in [-0.15, -0.1) is 0 Å². The molecular weight excluding hydrogens is 330 g/mol. The Morgan fingerprint density at radius 1 is 0.741 bits per heavy atom. The summed E-state index contributed by atoms with van der Waals surface area (Å²) >= 11 is 0. The molecule has 1 aromatic carbocycles. The van der Waals surface area contributed by atoms with E-state index >= 15 is 0 Å². The van der Waals surface area contributed by atoms with E-state index in [9.17, 15) is 4.79 Å². The van der Waals surface area contributed by atoms with Crippen LogP contribution in [0.15, 0.2) is 30.3 Å². The third-order valence-electron chi connectivity index (χ3n) is 5.24. The largest absolute Gasteiger partial charge is 0.366 e. The van der Waals surface area contributed by atoms with Crippen LogP contribution in [0.1, 0.15) is 108 Å². The van der Waals surface area contributed by atoms with E-state index in [2.05, 4.69) is 31.2 Å². The lowest BCUT2D eigenvalue weighted by Crippen LogP contribution is -2.05. The normalized spacial score (nSPS) is 11.3. The van der Waals surface area contributed by atoms with Crippen LogP contribution in [-0.4, -0.2) is 5.91 Å². The number of nitrogens with two attached hydrogens (primary N) is 1. The number of amides is 1. The minimum absolute atomic E-state index is 0.401. The molecule has 0 unspecified atom stereocenters. The van der Waals surface area contributed by atoms with Gasteiger partial charge in [0.25, 0.3) is 0 Å². The summed E-state index contributed by atoms with van der Waals surface area (Å²) < 4.78 is 0. The lowest BCUT2D eigenvalue weighted by atomic mass is 10.0. The first-order valence-corrected chi connectivity index (χ1v) is 11.3. The van der Waals surface area contributed by atoms with Crippen LogP contribution < -0.4 is 5.73 Å². The van der Waals surface area contributed by atoms with Crippen molar-refractivity contribution in [2.45, 2.75) is 103 Å². The van der Waals surface area contributed by atoms with Crippen LogP contribution in [0.25, 0.3) is 6.08 Å². The molecule has 1 amide bonds. The summed E-state index contributed by atoms with van der Waals surface area (Å²) in [7, 11) is 0. The zero-order valence-corrected chi connectivity index (χ0v) is 17.6. The Morgan fingerprint density at radius 3 is 1.63 bits per heavy atom. The van der Waals surface area contributed by atoms with Gasteiger partial charge in [-0.25, -0.2) is 0 Å². The molecule has 152 valence electrons. The highest BCUT2D eigenvalue weighted by Crippen LogP contribution is 2.14. The van der Waals surface area contributed by atoms with E-state index in [1.807, 2.05) is 0 Å². The molecule has 1 rings (SSSR count). The van der Waals surface area contributed by atoms with Crippen molar-refractivity contribution in [1.29, 1.82) is 0 Å². The second-order valence-corrected chi connectivity index (χ2v) is 7.82. The number of rotatable bonds is 17. The van der Waals surface area contributed by atoms with Gasteiger partial charge in [0.1, 0.15) is 0 Å². The van der Waals surface area contributed by atoms with E-state index in [4.69, 9.17) is 5.73 Å². The fourth-order valence-corrected chi connectivity index (χ4v) is 3.50. The Balaban J connectivity index is 1.91. The first kappa shape index (κ1) is 23.5. The average molecular weight is 372 g/mol. The number of unbranched alkanes of at least 4 members (excludes halogenated alkanes) is 13. The number of carbonyl (C=O) groups excluding carboxylic acids is 1. The maximum atomic E-state index is 10.7. The van der Waals surface area contributed by atoms with Crippen LogP contribution in [0.3, 0.4) is 0 Å². The Labute approximate surface area is 167 Å². The average Bonchev–Trinajstić information content (AvgIpc) is 2.67. The van der Waals surface area contributed by atoms with Crippen LogP contribution >= 0.6 is 0 Å². The van der Waals surface area contributed by atoms with Gasteiger partial charge in [-0.2, -0.15) is 0 Å². The molecule has 0 aliphatic carbocycles. The number of benzene rings is 1. The SMILES string of the molecule is CCCCCCCCCCCCCCCCc1ccc(C=CC(N)=O)cc1. The van der Waals surface area contributed by atoms with Gasteiger partial charge in [-0.3, -0.25) is 4.79 Å². The molecule has 0 heterocycles. The van der Waals surface area contributed by atoms with Crippen molar-refractivity contribution in [2.75, 3.05) is 0 Å². The molecule has 0 saturated carbocycles. The maximum Gasteiger partial charge on any atom is 0.241 e. The van der Waals surface area contributed by atoms with Gasteiger partial charge in [0.15, 0.2) is 0 Å². The number of aryl methyl sites for hydroxylation is 1. The summed E-state index contributed by atoms with van der Waals surface area (Å²) in [5, 5.41) is 0. The predicted octanol–water partition coefficient (Wildman–Crippen LogP) is 7.21. The van der Waals surface area contributed by atoms with Crippen molar-refractivity contribution in [3.05, 3.63) is 41.5 Å². The van der Waals surface area contributed by atoms with Gasteiger partial charge in [-0.05, 0) is 30.0 Å². The molecule has 0 saturated heterocycles. The Bertz CT molecular complexity index is 504. The Hall–Kier alpha value is -1.57. The lowest BCUT2D eigenvalue weighted by Gasteiger charge is -2.04. The van der Waals surface area contributed by atoms with Gasteiger partial charge in [0.05, 0.1) is 0 Å². The molecule has 0 aromatic heterocycles. The standard InChI is InChI=1S/C25H41NO/c1-2-3-4-5-6-7-8-9-10-11-12-13-14-15-16-23-17-19-24(20-18-23)21-22-25(26)27/h17-22H,2-16H2,1H3,(H2,26,27). The number of hydrogen-bond acceptors (Lipinski definition) is 1. The van der Waals surface area contributed by atoms with E-state index in [1.165, 1.54) is 102 Å². The molecule has 27 heavy (non-hydrogen) atoms. The zero-order chi connectivity index (χ0) is 19.6. The summed E-state index contributed by atoms with van der Waals surface area (Å²) in [5.41, 5.74) is 7.52. The van der Waals surface area contributed by atoms with Crippen LogP contribution in [0.4, 0.5) is 0 Å². The summed E-state index contributed by atoms with van der Waals surface area (Å²) in [6.45, 7) is 2.28. The molecule has 0 aliphatic heterocycles. The molecule has 0 radical (unpaired) electrons. The van der Waals surface area contributed by atoms with Crippen molar-refractivity contribution >= 4 is 12.0 Å². The van der Waals surface area contributed by atoms with Crippen molar-refractivity contribution < 1.29 is 4.79 Å². The monoisotopic (exact) mass is 371 g/mol. The van der Waals surface area contributed by atoms with Gasteiger partial charge in [0.2, 0.25) is 5.91 Å². The third kappa shape index (κ3) is 14.2. The quantitative estimate of drug-likeness (QED) is 0.228. The predicted molar refractivity (Wildman–Crippen MR) is 119 cm³/mol. The molecule has 0 fully saturated rings. The van der Waals surface area contributed by atoms with Gasteiger partial charge < -0.3 is 5.73 Å². The van der Waals surface area contributed by atoms with Crippen LogP contribution in [0.5, 0.6) is 0 Å². The molecule has 2 heteroatoms. The van der Waals surface area contributed by atoms with Crippen molar-refractivity contribution in [3.8, 4) is 0 Å². The van der Waals surface area contributed by atoms with Crippen LogP contribution in [0, 0.1) is 0 Å². The molecule has 0 spiro atoms.